The molecule has 2 aromatic carbocycles. The molecule has 164 valence electrons. The molecule has 2 aromatic heterocycles. The van der Waals surface area contributed by atoms with Crippen molar-refractivity contribution in [2.45, 2.75) is 51.4 Å². The van der Waals surface area contributed by atoms with Crippen molar-refractivity contribution < 1.29 is 0 Å². The van der Waals surface area contributed by atoms with E-state index in [4.69, 9.17) is 9.97 Å². The van der Waals surface area contributed by atoms with E-state index in [1.165, 1.54) is 71.2 Å². The van der Waals surface area contributed by atoms with Gasteiger partial charge in [0.25, 0.3) is 0 Å². The molecule has 2 heterocycles. The molecule has 0 radical (unpaired) electrons. The second kappa shape index (κ2) is 8.59. The van der Waals surface area contributed by atoms with Crippen molar-refractivity contribution in [1.82, 2.24) is 9.97 Å². The maximum atomic E-state index is 5.01. The van der Waals surface area contributed by atoms with Gasteiger partial charge in [0.05, 0.1) is 17.1 Å². The summed E-state index contributed by atoms with van der Waals surface area (Å²) in [5.74, 6) is 1.42. The molecule has 2 aliphatic carbocycles. The fourth-order valence-electron chi connectivity index (χ4n) is 5.79. The lowest BCUT2D eigenvalue weighted by Crippen LogP contribution is -2.14. The lowest BCUT2D eigenvalue weighted by atomic mass is 9.78. The van der Waals surface area contributed by atoms with Crippen molar-refractivity contribution in [3.8, 4) is 33.6 Å². The standard InChI is InChI=1S/C31H30N2/c1-21(22-8-4-2-5-9-22)24-16-17-32-30(19-24)25-12-13-27-26(18-25)20-31-28(27)14-15-29(33-31)23-10-6-3-7-11-23/h3,6-7,10-19,21-22H,2,4-5,8-9,20H2,1H3. The third-order valence-electron chi connectivity index (χ3n) is 7.76. The molecule has 1 saturated carbocycles. The van der Waals surface area contributed by atoms with E-state index in [-0.39, 0.29) is 0 Å². The topological polar surface area (TPSA) is 25.8 Å². The molecule has 2 nitrogen and oxygen atoms in total. The number of nitrogens with zero attached hydrogens (tertiary/aromatic N) is 2. The van der Waals surface area contributed by atoms with Gasteiger partial charge < -0.3 is 0 Å². The fraction of sp³-hybridized carbons (Fsp3) is 0.290. The minimum Gasteiger partial charge on any atom is -0.256 e. The van der Waals surface area contributed by atoms with E-state index in [1.807, 2.05) is 12.3 Å². The van der Waals surface area contributed by atoms with Gasteiger partial charge in [-0.1, -0.05) is 74.7 Å². The number of aromatic nitrogens is 2. The Kier molecular flexibility index (Phi) is 5.30. The highest BCUT2D eigenvalue weighted by atomic mass is 14.7. The Hall–Kier alpha value is -3.26. The van der Waals surface area contributed by atoms with Gasteiger partial charge in [-0.3, -0.25) is 9.97 Å². The third kappa shape index (κ3) is 3.88. The molecule has 33 heavy (non-hydrogen) atoms. The van der Waals surface area contributed by atoms with Gasteiger partial charge in [0.1, 0.15) is 0 Å². The van der Waals surface area contributed by atoms with Crippen LogP contribution >= 0.6 is 0 Å². The van der Waals surface area contributed by atoms with E-state index in [0.29, 0.717) is 5.92 Å². The van der Waals surface area contributed by atoms with Crippen molar-refractivity contribution in [3.05, 3.63) is 95.8 Å². The molecule has 0 saturated heterocycles. The zero-order valence-corrected chi connectivity index (χ0v) is 19.3. The highest BCUT2D eigenvalue weighted by molar-refractivity contribution is 5.80. The fourth-order valence-corrected chi connectivity index (χ4v) is 5.79. The van der Waals surface area contributed by atoms with E-state index in [2.05, 4.69) is 73.7 Å². The molecule has 4 aromatic rings. The lowest BCUT2D eigenvalue weighted by molar-refractivity contribution is 0.316. The number of hydrogen-bond acceptors (Lipinski definition) is 2. The molecule has 2 aliphatic rings. The maximum Gasteiger partial charge on any atom is 0.0705 e. The molecule has 0 N–H and O–H groups in total. The molecule has 0 amide bonds. The summed E-state index contributed by atoms with van der Waals surface area (Å²) in [4.78, 5) is 9.76. The molecular formula is C31H30N2. The van der Waals surface area contributed by atoms with Crippen LogP contribution in [0, 0.1) is 5.92 Å². The first kappa shape index (κ1) is 20.4. The summed E-state index contributed by atoms with van der Waals surface area (Å²) in [7, 11) is 0. The van der Waals surface area contributed by atoms with Gasteiger partial charge in [0, 0.05) is 29.3 Å². The number of hydrogen-bond donors (Lipinski definition) is 0. The van der Waals surface area contributed by atoms with Crippen LogP contribution in [-0.4, -0.2) is 9.97 Å². The number of fused-ring (bicyclic) bond motifs is 3. The molecule has 2 heteroatoms. The Balaban J connectivity index is 1.28. The number of rotatable bonds is 4. The SMILES string of the molecule is CC(c1ccnc(-c2ccc3c(c2)Cc2nc(-c4ccccc4)ccc2-3)c1)C1CCCCC1. The average Bonchev–Trinajstić information content (AvgIpc) is 3.26. The number of pyridine rings is 2. The summed E-state index contributed by atoms with van der Waals surface area (Å²) < 4.78 is 0. The zero-order valence-electron chi connectivity index (χ0n) is 19.3. The first-order valence-corrected chi connectivity index (χ1v) is 12.4. The van der Waals surface area contributed by atoms with Crippen molar-refractivity contribution in [2.24, 2.45) is 5.92 Å². The zero-order chi connectivity index (χ0) is 22.2. The second-order valence-electron chi connectivity index (χ2n) is 9.77. The van der Waals surface area contributed by atoms with Gasteiger partial charge in [-0.25, -0.2) is 0 Å². The maximum absolute atomic E-state index is 5.01. The smallest absolute Gasteiger partial charge is 0.0705 e. The molecule has 0 aliphatic heterocycles. The highest BCUT2D eigenvalue weighted by Gasteiger charge is 2.23. The van der Waals surface area contributed by atoms with Crippen LogP contribution in [0.25, 0.3) is 33.6 Å². The van der Waals surface area contributed by atoms with Crippen LogP contribution in [0.3, 0.4) is 0 Å². The molecule has 1 atom stereocenters. The van der Waals surface area contributed by atoms with Crippen LogP contribution in [0.2, 0.25) is 0 Å². The van der Waals surface area contributed by atoms with Gasteiger partial charge in [0.2, 0.25) is 0 Å². The lowest BCUT2D eigenvalue weighted by Gasteiger charge is -2.28. The van der Waals surface area contributed by atoms with Gasteiger partial charge in [-0.2, -0.15) is 0 Å². The minimum absolute atomic E-state index is 0.603. The van der Waals surface area contributed by atoms with Gasteiger partial charge in [-0.15, -0.1) is 0 Å². The van der Waals surface area contributed by atoms with Crippen molar-refractivity contribution in [2.75, 3.05) is 0 Å². The van der Waals surface area contributed by atoms with Crippen LogP contribution in [-0.2, 0) is 6.42 Å². The van der Waals surface area contributed by atoms with E-state index >= 15 is 0 Å². The summed E-state index contributed by atoms with van der Waals surface area (Å²) in [6.07, 6.45) is 9.81. The molecular weight excluding hydrogens is 400 g/mol. The normalized spacial score (nSPS) is 16.3. The summed E-state index contributed by atoms with van der Waals surface area (Å²) in [5.41, 5.74) is 11.1. The van der Waals surface area contributed by atoms with Gasteiger partial charge in [-0.05, 0) is 65.6 Å². The highest BCUT2D eigenvalue weighted by Crippen LogP contribution is 2.40. The first-order chi connectivity index (χ1) is 16.3. The largest absolute Gasteiger partial charge is 0.256 e. The summed E-state index contributed by atoms with van der Waals surface area (Å²) in [5, 5.41) is 0. The Morgan fingerprint density at radius 1 is 0.758 bits per heavy atom. The van der Waals surface area contributed by atoms with Gasteiger partial charge >= 0.3 is 0 Å². The molecule has 1 fully saturated rings. The molecule has 0 spiro atoms. The van der Waals surface area contributed by atoms with Crippen LogP contribution in [0.1, 0.15) is 61.8 Å². The Labute approximate surface area is 196 Å². The molecule has 1 unspecified atom stereocenters. The predicted octanol–water partition coefficient (Wildman–Crippen LogP) is 8.07. The summed E-state index contributed by atoms with van der Waals surface area (Å²) >= 11 is 0. The van der Waals surface area contributed by atoms with Crippen LogP contribution in [0.4, 0.5) is 0 Å². The van der Waals surface area contributed by atoms with Crippen LogP contribution in [0.15, 0.2) is 79.0 Å². The molecule has 0 bridgehead atoms. The van der Waals surface area contributed by atoms with E-state index < -0.39 is 0 Å². The van der Waals surface area contributed by atoms with E-state index in [9.17, 15) is 0 Å². The Morgan fingerprint density at radius 2 is 1.58 bits per heavy atom. The van der Waals surface area contributed by atoms with Crippen LogP contribution in [0.5, 0.6) is 0 Å². The van der Waals surface area contributed by atoms with E-state index in [1.54, 1.807) is 0 Å². The Morgan fingerprint density at radius 3 is 2.42 bits per heavy atom. The Bertz CT molecular complexity index is 1290. The van der Waals surface area contributed by atoms with Crippen molar-refractivity contribution >= 4 is 0 Å². The van der Waals surface area contributed by atoms with Gasteiger partial charge in [0.15, 0.2) is 0 Å². The monoisotopic (exact) mass is 430 g/mol. The summed E-state index contributed by atoms with van der Waals surface area (Å²) in [6.45, 7) is 2.41. The quantitative estimate of drug-likeness (QED) is 0.288. The van der Waals surface area contributed by atoms with E-state index in [0.717, 1.165) is 23.7 Å². The first-order valence-electron chi connectivity index (χ1n) is 12.4. The third-order valence-corrected chi connectivity index (χ3v) is 7.76. The molecule has 6 rings (SSSR count). The van der Waals surface area contributed by atoms with Crippen LogP contribution < -0.4 is 0 Å². The average molecular weight is 431 g/mol. The minimum atomic E-state index is 0.603. The summed E-state index contributed by atoms with van der Waals surface area (Å²) in [6, 6.07) is 26.2. The second-order valence-corrected chi connectivity index (χ2v) is 9.77. The van der Waals surface area contributed by atoms with Crippen molar-refractivity contribution in [3.63, 3.8) is 0 Å². The predicted molar refractivity (Wildman–Crippen MR) is 136 cm³/mol. The van der Waals surface area contributed by atoms with Crippen molar-refractivity contribution in [1.29, 1.82) is 0 Å². The number of benzene rings is 2.